The molecule has 0 radical (unpaired) electrons. The van der Waals surface area contributed by atoms with Crippen molar-refractivity contribution in [1.29, 1.82) is 0 Å². The lowest BCUT2D eigenvalue weighted by molar-refractivity contribution is 0.374. The number of halogens is 1. The molecule has 1 atom stereocenters. The Bertz CT molecular complexity index is 429. The molecule has 2 aliphatic carbocycles. The quantitative estimate of drug-likeness (QED) is 0.552. The van der Waals surface area contributed by atoms with Gasteiger partial charge in [-0.15, -0.1) is 0 Å². The summed E-state index contributed by atoms with van der Waals surface area (Å²) in [6, 6.07) is 7.30. The van der Waals surface area contributed by atoms with Crippen LogP contribution in [-0.4, -0.2) is 0 Å². The molecule has 0 aliphatic heterocycles. The average Bonchev–Trinajstić information content (AvgIpc) is 2.46. The first-order valence-corrected chi connectivity index (χ1v) is 9.52. The minimum atomic E-state index is 0.577. The Kier molecular flexibility index (Phi) is 5.20. The van der Waals surface area contributed by atoms with Crippen LogP contribution in [0.25, 0.3) is 0 Å². The second-order valence-corrected chi connectivity index (χ2v) is 7.73. The van der Waals surface area contributed by atoms with E-state index in [0.29, 0.717) is 4.83 Å². The summed E-state index contributed by atoms with van der Waals surface area (Å²) in [5.74, 6) is 0.844. The molecular formula is C19H27Br. The molecule has 1 saturated carbocycles. The van der Waals surface area contributed by atoms with E-state index in [1.54, 1.807) is 11.1 Å². The summed E-state index contributed by atoms with van der Waals surface area (Å²) in [5, 5.41) is 0. The number of hydrogen-bond donors (Lipinski definition) is 0. The molecule has 1 heteroatoms. The van der Waals surface area contributed by atoms with Gasteiger partial charge in [0.05, 0.1) is 0 Å². The summed E-state index contributed by atoms with van der Waals surface area (Å²) in [6.45, 7) is 0. The maximum atomic E-state index is 4.04. The van der Waals surface area contributed by atoms with Crippen LogP contribution >= 0.6 is 15.9 Å². The number of fused-ring (bicyclic) bond motifs is 1. The third kappa shape index (κ3) is 3.47. The molecule has 0 nitrogen and oxygen atoms in total. The van der Waals surface area contributed by atoms with Gasteiger partial charge in [0.25, 0.3) is 0 Å². The van der Waals surface area contributed by atoms with E-state index in [1.807, 2.05) is 0 Å². The topological polar surface area (TPSA) is 0 Å². The van der Waals surface area contributed by atoms with Gasteiger partial charge in [-0.1, -0.05) is 66.2 Å². The first-order chi connectivity index (χ1) is 9.84. The van der Waals surface area contributed by atoms with Crippen molar-refractivity contribution >= 4 is 15.9 Å². The van der Waals surface area contributed by atoms with Gasteiger partial charge in [0.15, 0.2) is 0 Å². The van der Waals surface area contributed by atoms with E-state index in [4.69, 9.17) is 0 Å². The molecule has 0 heterocycles. The molecule has 0 saturated heterocycles. The molecule has 3 rings (SSSR count). The van der Waals surface area contributed by atoms with E-state index >= 15 is 0 Å². The largest absolute Gasteiger partial charge is 0.0836 e. The predicted octanol–water partition coefficient (Wildman–Crippen LogP) is 6.36. The maximum absolute atomic E-state index is 4.04. The molecule has 0 bridgehead atoms. The summed E-state index contributed by atoms with van der Waals surface area (Å²) in [5.41, 5.74) is 4.78. The molecule has 1 fully saturated rings. The van der Waals surface area contributed by atoms with Gasteiger partial charge in [0.1, 0.15) is 0 Å². The van der Waals surface area contributed by atoms with Crippen LogP contribution in [0.1, 0.15) is 79.3 Å². The van der Waals surface area contributed by atoms with E-state index in [2.05, 4.69) is 34.1 Å². The monoisotopic (exact) mass is 334 g/mol. The summed E-state index contributed by atoms with van der Waals surface area (Å²) in [7, 11) is 0. The lowest BCUT2D eigenvalue weighted by atomic mass is 9.84. The van der Waals surface area contributed by atoms with Gasteiger partial charge >= 0.3 is 0 Å². The summed E-state index contributed by atoms with van der Waals surface area (Å²) >= 11 is 4.04. The molecule has 0 aromatic heterocycles. The van der Waals surface area contributed by atoms with Crippen LogP contribution in [0.3, 0.4) is 0 Å². The maximum Gasteiger partial charge on any atom is 0.0423 e. The molecule has 0 spiro atoms. The Labute approximate surface area is 132 Å². The molecule has 0 amide bonds. The molecule has 2 aliphatic rings. The highest BCUT2D eigenvalue weighted by Crippen LogP contribution is 2.39. The fourth-order valence-electron chi connectivity index (χ4n) is 3.98. The van der Waals surface area contributed by atoms with Crippen LogP contribution in [0.4, 0.5) is 0 Å². The van der Waals surface area contributed by atoms with Gasteiger partial charge in [-0.3, -0.25) is 0 Å². The van der Waals surface area contributed by atoms with Crippen LogP contribution in [0, 0.1) is 5.92 Å². The standard InChI is InChI=1S/C19H27Br/c20-19(16-9-4-2-1-3-5-10-16)18-13-12-15-8-6-7-11-17(15)14-18/h12-14,16,19H,1-11H2. The molecule has 1 aromatic rings. The lowest BCUT2D eigenvalue weighted by Gasteiger charge is -2.26. The van der Waals surface area contributed by atoms with E-state index in [9.17, 15) is 0 Å². The third-order valence-corrected chi connectivity index (χ3v) is 6.53. The van der Waals surface area contributed by atoms with E-state index in [1.165, 1.54) is 76.2 Å². The first kappa shape index (κ1) is 14.6. The normalized spacial score (nSPS) is 22.6. The number of alkyl halides is 1. The SMILES string of the molecule is BrC(c1ccc2c(c1)CCCC2)C1CCCCCCC1. The smallest absolute Gasteiger partial charge is 0.0423 e. The fraction of sp³-hybridized carbons (Fsp3) is 0.684. The van der Waals surface area contributed by atoms with Crippen molar-refractivity contribution in [2.75, 3.05) is 0 Å². The predicted molar refractivity (Wildman–Crippen MR) is 90.6 cm³/mol. The molecule has 110 valence electrons. The van der Waals surface area contributed by atoms with Crippen molar-refractivity contribution < 1.29 is 0 Å². The second-order valence-electron chi connectivity index (χ2n) is 6.74. The van der Waals surface area contributed by atoms with Gasteiger partial charge < -0.3 is 0 Å². The van der Waals surface area contributed by atoms with Gasteiger partial charge in [0.2, 0.25) is 0 Å². The van der Waals surface area contributed by atoms with Crippen molar-refractivity contribution in [3.05, 3.63) is 34.9 Å². The average molecular weight is 335 g/mol. The number of aryl methyl sites for hydroxylation is 2. The molecule has 1 aromatic carbocycles. The van der Waals surface area contributed by atoms with Crippen molar-refractivity contribution in [2.45, 2.75) is 75.5 Å². The zero-order valence-corrected chi connectivity index (χ0v) is 14.1. The number of hydrogen-bond acceptors (Lipinski definition) is 0. The van der Waals surface area contributed by atoms with Crippen LogP contribution in [0.5, 0.6) is 0 Å². The third-order valence-electron chi connectivity index (χ3n) is 5.25. The van der Waals surface area contributed by atoms with Crippen molar-refractivity contribution in [3.63, 3.8) is 0 Å². The van der Waals surface area contributed by atoms with Gasteiger partial charge in [-0.05, 0) is 61.1 Å². The highest BCUT2D eigenvalue weighted by Gasteiger charge is 2.22. The lowest BCUT2D eigenvalue weighted by Crippen LogP contribution is -2.11. The van der Waals surface area contributed by atoms with Crippen LogP contribution in [0.2, 0.25) is 0 Å². The minimum Gasteiger partial charge on any atom is -0.0836 e. The molecule has 0 N–H and O–H groups in total. The van der Waals surface area contributed by atoms with Crippen LogP contribution in [0.15, 0.2) is 18.2 Å². The van der Waals surface area contributed by atoms with E-state index in [-0.39, 0.29) is 0 Å². The molecule has 1 unspecified atom stereocenters. The van der Waals surface area contributed by atoms with Crippen LogP contribution < -0.4 is 0 Å². The first-order valence-electron chi connectivity index (χ1n) is 8.60. The Morgan fingerprint density at radius 3 is 2.20 bits per heavy atom. The molecular weight excluding hydrogens is 308 g/mol. The van der Waals surface area contributed by atoms with Crippen molar-refractivity contribution in [1.82, 2.24) is 0 Å². The Hall–Kier alpha value is -0.300. The van der Waals surface area contributed by atoms with Gasteiger partial charge in [-0.2, -0.15) is 0 Å². The van der Waals surface area contributed by atoms with Crippen molar-refractivity contribution in [2.24, 2.45) is 5.92 Å². The summed E-state index contributed by atoms with van der Waals surface area (Å²) in [6.07, 6.45) is 15.4. The summed E-state index contributed by atoms with van der Waals surface area (Å²) in [4.78, 5) is 0.577. The fourth-order valence-corrected chi connectivity index (χ4v) is 4.79. The summed E-state index contributed by atoms with van der Waals surface area (Å²) < 4.78 is 0. The zero-order valence-electron chi connectivity index (χ0n) is 12.5. The number of rotatable bonds is 2. The highest BCUT2D eigenvalue weighted by atomic mass is 79.9. The molecule has 20 heavy (non-hydrogen) atoms. The van der Waals surface area contributed by atoms with Crippen molar-refractivity contribution in [3.8, 4) is 0 Å². The Balaban J connectivity index is 1.73. The second kappa shape index (κ2) is 7.11. The Morgan fingerprint density at radius 1 is 0.800 bits per heavy atom. The van der Waals surface area contributed by atoms with E-state index in [0.717, 1.165) is 5.92 Å². The van der Waals surface area contributed by atoms with Gasteiger partial charge in [-0.25, -0.2) is 0 Å². The Morgan fingerprint density at radius 2 is 1.45 bits per heavy atom. The van der Waals surface area contributed by atoms with Crippen LogP contribution in [-0.2, 0) is 12.8 Å². The highest BCUT2D eigenvalue weighted by molar-refractivity contribution is 9.09. The van der Waals surface area contributed by atoms with E-state index < -0.39 is 0 Å². The minimum absolute atomic E-state index is 0.577. The number of benzene rings is 1. The zero-order chi connectivity index (χ0) is 13.8. The van der Waals surface area contributed by atoms with Gasteiger partial charge in [0, 0.05) is 4.83 Å².